The van der Waals surface area contributed by atoms with Gasteiger partial charge in [0.05, 0.1) is 5.01 Å². The monoisotopic (exact) mass is 421 g/mol. The number of aromatic nitrogens is 1. The molecule has 4 rings (SSSR count). The maximum absolute atomic E-state index is 13.1. The second-order valence-corrected chi connectivity index (χ2v) is 8.96. The average molecular weight is 422 g/mol. The van der Waals surface area contributed by atoms with Gasteiger partial charge in [-0.1, -0.05) is 43.3 Å². The summed E-state index contributed by atoms with van der Waals surface area (Å²) in [6.07, 6.45) is 1.40. The van der Waals surface area contributed by atoms with Crippen LogP contribution in [0.4, 0.5) is 0 Å². The number of carbonyl (C=O) groups excluding carboxylic acids is 2. The van der Waals surface area contributed by atoms with Crippen molar-refractivity contribution < 1.29 is 9.59 Å². The highest BCUT2D eigenvalue weighted by Crippen LogP contribution is 2.24. The van der Waals surface area contributed by atoms with Crippen LogP contribution in [0.15, 0.2) is 47.8 Å². The first kappa shape index (κ1) is 20.5. The van der Waals surface area contributed by atoms with E-state index >= 15 is 0 Å². The lowest BCUT2D eigenvalue weighted by molar-refractivity contribution is -0.126. The average Bonchev–Trinajstić information content (AvgIpc) is 3.23. The van der Waals surface area contributed by atoms with Gasteiger partial charge >= 0.3 is 0 Å². The van der Waals surface area contributed by atoms with E-state index in [9.17, 15) is 9.59 Å². The van der Waals surface area contributed by atoms with Crippen molar-refractivity contribution in [3.8, 4) is 0 Å². The van der Waals surface area contributed by atoms with Crippen LogP contribution in [0.2, 0.25) is 0 Å². The maximum Gasteiger partial charge on any atom is 0.254 e. The molecule has 0 unspecified atom stereocenters. The van der Waals surface area contributed by atoms with Crippen molar-refractivity contribution >= 4 is 33.9 Å². The van der Waals surface area contributed by atoms with E-state index in [1.807, 2.05) is 59.7 Å². The van der Waals surface area contributed by atoms with Crippen molar-refractivity contribution in [1.82, 2.24) is 15.2 Å². The van der Waals surface area contributed by atoms with Gasteiger partial charge in [-0.3, -0.25) is 9.59 Å². The highest BCUT2D eigenvalue weighted by molar-refractivity contribution is 7.09. The molecule has 1 aliphatic rings. The zero-order valence-electron chi connectivity index (χ0n) is 17.4. The second-order valence-electron chi connectivity index (χ2n) is 8.07. The molecule has 1 N–H and O–H groups in total. The number of hydrogen-bond acceptors (Lipinski definition) is 4. The molecule has 3 aromatic rings. The Labute approximate surface area is 181 Å². The van der Waals surface area contributed by atoms with E-state index in [2.05, 4.69) is 17.2 Å². The minimum absolute atomic E-state index is 0.0354. The van der Waals surface area contributed by atoms with Crippen LogP contribution in [0.25, 0.3) is 10.8 Å². The van der Waals surface area contributed by atoms with Crippen LogP contribution < -0.4 is 5.32 Å². The van der Waals surface area contributed by atoms with Crippen LogP contribution in [0.5, 0.6) is 0 Å². The van der Waals surface area contributed by atoms with Crippen LogP contribution in [-0.2, 0) is 4.79 Å². The van der Waals surface area contributed by atoms with Crippen molar-refractivity contribution in [2.75, 3.05) is 19.6 Å². The van der Waals surface area contributed by atoms with Gasteiger partial charge in [0.1, 0.15) is 0 Å². The van der Waals surface area contributed by atoms with E-state index < -0.39 is 0 Å². The molecule has 1 atom stereocenters. The predicted molar refractivity (Wildman–Crippen MR) is 121 cm³/mol. The van der Waals surface area contributed by atoms with Crippen LogP contribution in [0.3, 0.4) is 0 Å². The lowest BCUT2D eigenvalue weighted by atomic mass is 9.94. The smallest absolute Gasteiger partial charge is 0.254 e. The lowest BCUT2D eigenvalue weighted by Gasteiger charge is -2.31. The molecule has 0 bridgehead atoms. The summed E-state index contributed by atoms with van der Waals surface area (Å²) in [4.78, 5) is 32.1. The molecule has 0 aliphatic carbocycles. The van der Waals surface area contributed by atoms with E-state index in [1.54, 1.807) is 11.3 Å². The third-order valence-corrected chi connectivity index (χ3v) is 7.01. The summed E-state index contributed by atoms with van der Waals surface area (Å²) < 4.78 is 0. The molecule has 2 amide bonds. The molecule has 2 heterocycles. The highest BCUT2D eigenvalue weighted by Gasteiger charge is 2.28. The van der Waals surface area contributed by atoms with Crippen LogP contribution in [-0.4, -0.2) is 41.3 Å². The Bertz CT molecular complexity index is 1050. The number of rotatable bonds is 5. The molecule has 156 valence electrons. The van der Waals surface area contributed by atoms with E-state index in [0.717, 1.165) is 27.0 Å². The van der Waals surface area contributed by atoms with Gasteiger partial charge in [0.15, 0.2) is 0 Å². The van der Waals surface area contributed by atoms with E-state index in [-0.39, 0.29) is 23.7 Å². The SMILES string of the molecule is Cc1csc([C@@H](C)CNC(=O)C2CCN(C(=O)c3cccc4ccccc34)CC2)n1. The Morgan fingerprint density at radius 2 is 1.90 bits per heavy atom. The van der Waals surface area contributed by atoms with Gasteiger partial charge < -0.3 is 10.2 Å². The van der Waals surface area contributed by atoms with Crippen molar-refractivity contribution in [3.05, 3.63) is 64.1 Å². The van der Waals surface area contributed by atoms with Gasteiger partial charge in [-0.2, -0.15) is 0 Å². The summed E-state index contributed by atoms with van der Waals surface area (Å²) >= 11 is 1.64. The quantitative estimate of drug-likeness (QED) is 0.665. The van der Waals surface area contributed by atoms with Crippen molar-refractivity contribution in [2.24, 2.45) is 5.92 Å². The van der Waals surface area contributed by atoms with Crippen molar-refractivity contribution in [1.29, 1.82) is 0 Å². The summed E-state index contributed by atoms with van der Waals surface area (Å²) in [5.74, 6) is 0.318. The van der Waals surface area contributed by atoms with Gasteiger partial charge in [-0.25, -0.2) is 4.98 Å². The number of likely N-dealkylation sites (tertiary alicyclic amines) is 1. The molecule has 1 aromatic heterocycles. The van der Waals surface area contributed by atoms with Gasteiger partial charge in [0.25, 0.3) is 5.91 Å². The van der Waals surface area contributed by atoms with Crippen LogP contribution >= 0.6 is 11.3 Å². The first-order valence-corrected chi connectivity index (χ1v) is 11.4. The van der Waals surface area contributed by atoms with Gasteiger partial charge in [-0.05, 0) is 36.6 Å². The third-order valence-electron chi connectivity index (χ3n) is 5.81. The number of fused-ring (bicyclic) bond motifs is 1. The van der Waals surface area contributed by atoms with Gasteiger partial charge in [-0.15, -0.1) is 11.3 Å². The number of hydrogen-bond donors (Lipinski definition) is 1. The normalized spacial score (nSPS) is 15.9. The molecule has 0 radical (unpaired) electrons. The summed E-state index contributed by atoms with van der Waals surface area (Å²) in [6, 6.07) is 13.8. The Morgan fingerprint density at radius 3 is 2.63 bits per heavy atom. The van der Waals surface area contributed by atoms with E-state index in [1.165, 1.54) is 0 Å². The summed E-state index contributed by atoms with van der Waals surface area (Å²) in [7, 11) is 0. The van der Waals surface area contributed by atoms with Crippen molar-refractivity contribution in [3.63, 3.8) is 0 Å². The zero-order chi connectivity index (χ0) is 21.1. The molecule has 1 saturated heterocycles. The molecule has 1 aliphatic heterocycles. The van der Waals surface area contributed by atoms with E-state index in [0.29, 0.717) is 32.5 Å². The Hall–Kier alpha value is -2.73. The number of aryl methyl sites for hydroxylation is 1. The standard InChI is InChI=1S/C24H27N3O2S/c1-16(23-26-17(2)15-30-23)14-25-22(28)19-10-12-27(13-11-19)24(29)21-9-5-7-18-6-3-4-8-20(18)21/h3-9,15-16,19H,10-14H2,1-2H3,(H,25,28)/t16-/m0/s1. The third kappa shape index (κ3) is 4.38. The van der Waals surface area contributed by atoms with Gasteiger partial charge in [0, 0.05) is 48.1 Å². The molecular formula is C24H27N3O2S. The fraction of sp³-hybridized carbons (Fsp3) is 0.375. The summed E-state index contributed by atoms with van der Waals surface area (Å²) in [5.41, 5.74) is 1.76. The lowest BCUT2D eigenvalue weighted by Crippen LogP contribution is -2.43. The molecule has 5 nitrogen and oxygen atoms in total. The molecule has 1 fully saturated rings. The topological polar surface area (TPSA) is 62.3 Å². The number of benzene rings is 2. The highest BCUT2D eigenvalue weighted by atomic mass is 32.1. The zero-order valence-corrected chi connectivity index (χ0v) is 18.2. The number of nitrogens with one attached hydrogen (secondary N) is 1. The first-order valence-electron chi connectivity index (χ1n) is 10.5. The fourth-order valence-electron chi connectivity index (χ4n) is 4.01. The minimum Gasteiger partial charge on any atom is -0.355 e. The Morgan fingerprint density at radius 1 is 1.17 bits per heavy atom. The first-order chi connectivity index (χ1) is 14.5. The molecule has 0 spiro atoms. The number of carbonyl (C=O) groups is 2. The predicted octanol–water partition coefficient (Wildman–Crippen LogP) is 4.38. The van der Waals surface area contributed by atoms with Crippen LogP contribution in [0.1, 0.15) is 46.7 Å². The molecular weight excluding hydrogens is 394 g/mol. The Balaban J connectivity index is 1.32. The number of amides is 2. The van der Waals surface area contributed by atoms with E-state index in [4.69, 9.17) is 0 Å². The number of piperidine rings is 1. The van der Waals surface area contributed by atoms with Crippen LogP contribution in [0, 0.1) is 12.8 Å². The fourth-order valence-corrected chi connectivity index (χ4v) is 4.87. The largest absolute Gasteiger partial charge is 0.355 e. The molecule has 6 heteroatoms. The Kier molecular flexibility index (Phi) is 6.13. The number of thiazole rings is 1. The molecule has 0 saturated carbocycles. The molecule has 30 heavy (non-hydrogen) atoms. The maximum atomic E-state index is 13.1. The molecule has 2 aromatic carbocycles. The second kappa shape index (κ2) is 8.96. The summed E-state index contributed by atoms with van der Waals surface area (Å²) in [6.45, 7) is 5.90. The van der Waals surface area contributed by atoms with Gasteiger partial charge in [0.2, 0.25) is 5.91 Å². The number of nitrogens with zero attached hydrogens (tertiary/aromatic N) is 2. The minimum atomic E-state index is -0.0354. The van der Waals surface area contributed by atoms with Crippen molar-refractivity contribution in [2.45, 2.75) is 32.6 Å². The summed E-state index contributed by atoms with van der Waals surface area (Å²) in [5, 5.41) is 8.23.